The molecule has 1 aromatic carbocycles. The number of nitrogens with zero attached hydrogens (tertiary/aromatic N) is 1. The van der Waals surface area contributed by atoms with Crippen molar-refractivity contribution in [3.63, 3.8) is 0 Å². The average molecular weight is 265 g/mol. The summed E-state index contributed by atoms with van der Waals surface area (Å²) in [6.07, 6.45) is 0.573. The number of aliphatic hydroxyl groups excluding tert-OH is 1. The van der Waals surface area contributed by atoms with Crippen LogP contribution in [0.3, 0.4) is 0 Å². The fraction of sp³-hybridized carbons (Fsp3) is 0.500. The Hall–Kier alpha value is -1.59. The quantitative estimate of drug-likeness (QED) is 0.644. The van der Waals surface area contributed by atoms with Gasteiger partial charge in [-0.3, -0.25) is 0 Å². The SMILES string of the molecule is CN(C)C(CNC(=O)NCCCO)c1ccccc1. The van der Waals surface area contributed by atoms with Crippen LogP contribution < -0.4 is 10.6 Å². The van der Waals surface area contributed by atoms with Gasteiger partial charge in [-0.2, -0.15) is 0 Å². The zero-order valence-corrected chi connectivity index (χ0v) is 11.6. The molecule has 0 aromatic heterocycles. The minimum atomic E-state index is -0.198. The molecule has 0 aliphatic heterocycles. The minimum Gasteiger partial charge on any atom is -0.396 e. The monoisotopic (exact) mass is 265 g/mol. The highest BCUT2D eigenvalue weighted by molar-refractivity contribution is 5.73. The first-order chi connectivity index (χ1) is 9.15. The standard InChI is InChI=1S/C14H23N3O2/c1-17(2)13(12-7-4-3-5-8-12)11-16-14(19)15-9-6-10-18/h3-5,7-8,13,18H,6,9-11H2,1-2H3,(H2,15,16,19). The molecule has 2 amide bonds. The molecule has 0 radical (unpaired) electrons. The Morgan fingerprint density at radius 3 is 2.53 bits per heavy atom. The minimum absolute atomic E-state index is 0.0879. The van der Waals surface area contributed by atoms with Crippen LogP contribution in [0, 0.1) is 0 Å². The fourth-order valence-electron chi connectivity index (χ4n) is 1.81. The van der Waals surface area contributed by atoms with Crippen LogP contribution in [0.4, 0.5) is 4.79 Å². The summed E-state index contributed by atoms with van der Waals surface area (Å²) < 4.78 is 0. The summed E-state index contributed by atoms with van der Waals surface area (Å²) in [4.78, 5) is 13.6. The van der Waals surface area contributed by atoms with Crippen molar-refractivity contribution in [2.75, 3.05) is 33.8 Å². The van der Waals surface area contributed by atoms with Crippen LogP contribution in [0.1, 0.15) is 18.0 Å². The summed E-state index contributed by atoms with van der Waals surface area (Å²) in [7, 11) is 3.98. The molecule has 5 heteroatoms. The lowest BCUT2D eigenvalue weighted by Gasteiger charge is -2.25. The molecule has 1 atom stereocenters. The Kier molecular flexibility index (Phi) is 6.92. The number of amides is 2. The third kappa shape index (κ3) is 5.72. The highest BCUT2D eigenvalue weighted by Crippen LogP contribution is 2.16. The summed E-state index contributed by atoms with van der Waals surface area (Å²) in [6.45, 7) is 1.12. The summed E-state index contributed by atoms with van der Waals surface area (Å²) in [5.41, 5.74) is 1.17. The normalized spacial score (nSPS) is 12.2. The topological polar surface area (TPSA) is 64.6 Å². The Morgan fingerprint density at radius 2 is 1.95 bits per heavy atom. The van der Waals surface area contributed by atoms with Gasteiger partial charge in [0.05, 0.1) is 6.04 Å². The van der Waals surface area contributed by atoms with Crippen molar-refractivity contribution in [2.45, 2.75) is 12.5 Å². The number of benzene rings is 1. The molecular weight excluding hydrogens is 242 g/mol. The zero-order valence-electron chi connectivity index (χ0n) is 11.6. The molecule has 0 heterocycles. The van der Waals surface area contributed by atoms with E-state index in [0.717, 1.165) is 0 Å². The van der Waals surface area contributed by atoms with Gasteiger partial charge < -0.3 is 20.6 Å². The first-order valence-corrected chi connectivity index (χ1v) is 6.49. The fourth-order valence-corrected chi connectivity index (χ4v) is 1.81. The van der Waals surface area contributed by atoms with Crippen molar-refractivity contribution in [1.29, 1.82) is 0 Å². The largest absolute Gasteiger partial charge is 0.396 e. The van der Waals surface area contributed by atoms with Crippen molar-refractivity contribution >= 4 is 6.03 Å². The molecule has 1 unspecified atom stereocenters. The van der Waals surface area contributed by atoms with Gasteiger partial charge in [0, 0.05) is 19.7 Å². The van der Waals surface area contributed by atoms with E-state index >= 15 is 0 Å². The van der Waals surface area contributed by atoms with Gasteiger partial charge in [-0.05, 0) is 26.1 Å². The molecule has 0 bridgehead atoms. The number of urea groups is 1. The molecule has 0 spiro atoms. The summed E-state index contributed by atoms with van der Waals surface area (Å²) >= 11 is 0. The van der Waals surface area contributed by atoms with Crippen LogP contribution in [-0.2, 0) is 0 Å². The van der Waals surface area contributed by atoms with Crippen molar-refractivity contribution in [3.8, 4) is 0 Å². The van der Waals surface area contributed by atoms with Crippen molar-refractivity contribution in [2.24, 2.45) is 0 Å². The van der Waals surface area contributed by atoms with E-state index in [2.05, 4.69) is 27.7 Å². The molecule has 5 nitrogen and oxygen atoms in total. The Balaban J connectivity index is 2.45. The van der Waals surface area contributed by atoms with E-state index in [4.69, 9.17) is 5.11 Å². The lowest BCUT2D eigenvalue weighted by molar-refractivity contribution is 0.230. The number of hydrogen-bond acceptors (Lipinski definition) is 3. The van der Waals surface area contributed by atoms with E-state index in [1.165, 1.54) is 5.56 Å². The summed E-state index contributed by atoms with van der Waals surface area (Å²) in [5.74, 6) is 0. The molecule has 0 saturated heterocycles. The van der Waals surface area contributed by atoms with E-state index < -0.39 is 0 Å². The number of carbonyl (C=O) groups excluding carboxylic acids is 1. The predicted octanol–water partition coefficient (Wildman–Crippen LogP) is 0.971. The van der Waals surface area contributed by atoms with Crippen LogP contribution >= 0.6 is 0 Å². The summed E-state index contributed by atoms with van der Waals surface area (Å²) in [5, 5.41) is 14.2. The number of likely N-dealkylation sites (N-methyl/N-ethyl adjacent to an activating group) is 1. The van der Waals surface area contributed by atoms with Gasteiger partial charge in [0.15, 0.2) is 0 Å². The first-order valence-electron chi connectivity index (χ1n) is 6.49. The van der Waals surface area contributed by atoms with Crippen LogP contribution in [-0.4, -0.2) is 49.8 Å². The molecule has 1 rings (SSSR count). The van der Waals surface area contributed by atoms with Crippen LogP contribution in [0.2, 0.25) is 0 Å². The molecule has 106 valence electrons. The van der Waals surface area contributed by atoms with E-state index in [0.29, 0.717) is 19.5 Å². The lowest BCUT2D eigenvalue weighted by atomic mass is 10.1. The van der Waals surface area contributed by atoms with Gasteiger partial charge in [0.1, 0.15) is 0 Å². The lowest BCUT2D eigenvalue weighted by Crippen LogP contribution is -2.40. The first kappa shape index (κ1) is 15.5. The molecule has 3 N–H and O–H groups in total. The smallest absolute Gasteiger partial charge is 0.314 e. The van der Waals surface area contributed by atoms with Crippen LogP contribution in [0.25, 0.3) is 0 Å². The molecule has 0 aliphatic carbocycles. The maximum atomic E-state index is 11.6. The Bertz CT molecular complexity index is 368. The van der Waals surface area contributed by atoms with Crippen molar-refractivity contribution in [3.05, 3.63) is 35.9 Å². The average Bonchev–Trinajstić information content (AvgIpc) is 2.40. The molecular formula is C14H23N3O2. The number of rotatable bonds is 7. The van der Waals surface area contributed by atoms with Gasteiger partial charge in [-0.1, -0.05) is 30.3 Å². The zero-order chi connectivity index (χ0) is 14.1. The Morgan fingerprint density at radius 1 is 1.26 bits per heavy atom. The number of carbonyl (C=O) groups is 1. The van der Waals surface area contributed by atoms with Crippen molar-refractivity contribution < 1.29 is 9.90 Å². The highest BCUT2D eigenvalue weighted by Gasteiger charge is 2.14. The van der Waals surface area contributed by atoms with E-state index in [1.807, 2.05) is 32.3 Å². The maximum Gasteiger partial charge on any atom is 0.314 e. The summed E-state index contributed by atoms with van der Waals surface area (Å²) in [6, 6.07) is 10.0. The Labute approximate surface area is 114 Å². The highest BCUT2D eigenvalue weighted by atomic mass is 16.3. The molecule has 0 aliphatic rings. The molecule has 19 heavy (non-hydrogen) atoms. The molecule has 1 aromatic rings. The third-order valence-corrected chi connectivity index (χ3v) is 2.88. The number of hydrogen-bond donors (Lipinski definition) is 3. The second kappa shape index (κ2) is 8.50. The predicted molar refractivity (Wildman–Crippen MR) is 76.0 cm³/mol. The van der Waals surface area contributed by atoms with Gasteiger partial charge in [0.25, 0.3) is 0 Å². The van der Waals surface area contributed by atoms with Gasteiger partial charge in [0.2, 0.25) is 0 Å². The third-order valence-electron chi connectivity index (χ3n) is 2.88. The van der Waals surface area contributed by atoms with Crippen LogP contribution in [0.15, 0.2) is 30.3 Å². The van der Waals surface area contributed by atoms with Crippen molar-refractivity contribution in [1.82, 2.24) is 15.5 Å². The number of nitrogens with one attached hydrogen (secondary N) is 2. The van der Waals surface area contributed by atoms with Gasteiger partial charge in [-0.25, -0.2) is 4.79 Å². The van der Waals surface area contributed by atoms with Crippen LogP contribution in [0.5, 0.6) is 0 Å². The van der Waals surface area contributed by atoms with E-state index in [9.17, 15) is 4.79 Å². The molecule has 0 fully saturated rings. The van der Waals surface area contributed by atoms with Gasteiger partial charge >= 0.3 is 6.03 Å². The van der Waals surface area contributed by atoms with E-state index in [-0.39, 0.29) is 18.7 Å². The molecule has 0 saturated carbocycles. The second-order valence-corrected chi connectivity index (χ2v) is 4.60. The second-order valence-electron chi connectivity index (χ2n) is 4.60. The van der Waals surface area contributed by atoms with E-state index in [1.54, 1.807) is 0 Å². The maximum absolute atomic E-state index is 11.6. The number of aliphatic hydroxyl groups is 1. The van der Waals surface area contributed by atoms with Gasteiger partial charge in [-0.15, -0.1) is 0 Å².